The Bertz CT molecular complexity index is 1040. The predicted molar refractivity (Wildman–Crippen MR) is 114 cm³/mol. The van der Waals surface area contributed by atoms with Crippen LogP contribution >= 0.6 is 22.9 Å². The number of thiazole rings is 1. The number of amides is 1. The van der Waals surface area contributed by atoms with E-state index < -0.39 is 0 Å². The van der Waals surface area contributed by atoms with Crippen molar-refractivity contribution in [3.8, 4) is 11.4 Å². The molecule has 0 aliphatic carbocycles. The third kappa shape index (κ3) is 4.72. The molecule has 0 radical (unpaired) electrons. The van der Waals surface area contributed by atoms with Gasteiger partial charge in [0.05, 0.1) is 29.0 Å². The minimum Gasteiger partial charge on any atom is -0.310 e. The normalized spacial score (nSPS) is 17.2. The van der Waals surface area contributed by atoms with Crippen molar-refractivity contribution >= 4 is 34.7 Å². The van der Waals surface area contributed by atoms with Gasteiger partial charge in [-0.15, -0.1) is 0 Å². The zero-order valence-electron chi connectivity index (χ0n) is 15.6. The fraction of sp³-hybridized carbons (Fsp3) is 0.300. The highest BCUT2D eigenvalue weighted by molar-refractivity contribution is 7.07. The van der Waals surface area contributed by atoms with Gasteiger partial charge >= 0.3 is 4.87 Å². The van der Waals surface area contributed by atoms with Crippen molar-refractivity contribution in [3.63, 3.8) is 0 Å². The Balaban J connectivity index is 1.44. The van der Waals surface area contributed by atoms with E-state index in [2.05, 4.69) is 20.2 Å². The van der Waals surface area contributed by atoms with E-state index in [1.54, 1.807) is 22.9 Å². The molecule has 3 aromatic heterocycles. The molecule has 1 atom stereocenters. The number of likely N-dealkylation sites (tertiary alicyclic amines) is 1. The highest BCUT2D eigenvalue weighted by Crippen LogP contribution is 2.22. The van der Waals surface area contributed by atoms with Crippen LogP contribution in [0.15, 0.2) is 52.9 Å². The molecule has 150 valence electrons. The van der Waals surface area contributed by atoms with Gasteiger partial charge in [-0.25, -0.2) is 4.98 Å². The van der Waals surface area contributed by atoms with Gasteiger partial charge in [-0.05, 0) is 43.7 Å². The van der Waals surface area contributed by atoms with Crippen molar-refractivity contribution < 1.29 is 4.79 Å². The first-order valence-electron chi connectivity index (χ1n) is 9.34. The van der Waals surface area contributed by atoms with E-state index in [0.29, 0.717) is 24.1 Å². The summed E-state index contributed by atoms with van der Waals surface area (Å²) in [6.07, 6.45) is 4.92. The minimum absolute atomic E-state index is 0.0254. The Labute approximate surface area is 177 Å². The summed E-state index contributed by atoms with van der Waals surface area (Å²) < 4.78 is 1.73. The van der Waals surface area contributed by atoms with Crippen molar-refractivity contribution in [2.24, 2.45) is 5.92 Å². The van der Waals surface area contributed by atoms with Crippen molar-refractivity contribution in [1.82, 2.24) is 19.4 Å². The predicted octanol–water partition coefficient (Wildman–Crippen LogP) is 3.33. The summed E-state index contributed by atoms with van der Waals surface area (Å²) in [7, 11) is 0. The fourth-order valence-electron chi connectivity index (χ4n) is 3.45. The third-order valence-electron chi connectivity index (χ3n) is 4.91. The molecule has 1 fully saturated rings. The number of halogens is 1. The van der Waals surface area contributed by atoms with Gasteiger partial charge in [0.15, 0.2) is 0 Å². The number of carbonyl (C=O) groups excluding carboxylic acids is 1. The van der Waals surface area contributed by atoms with Gasteiger partial charge in [0.2, 0.25) is 5.91 Å². The molecule has 4 rings (SSSR count). The van der Waals surface area contributed by atoms with E-state index in [-0.39, 0.29) is 16.7 Å². The molecular formula is C20H20ClN5O2S. The molecule has 1 aliphatic rings. The largest absolute Gasteiger partial charge is 0.310 e. The number of aromatic nitrogens is 3. The minimum atomic E-state index is -0.158. The molecular weight excluding hydrogens is 410 g/mol. The van der Waals surface area contributed by atoms with E-state index in [1.807, 2.05) is 23.6 Å². The van der Waals surface area contributed by atoms with E-state index in [1.165, 1.54) is 17.5 Å². The number of hydrogen-bond donors (Lipinski definition) is 1. The second-order valence-electron chi connectivity index (χ2n) is 6.94. The summed E-state index contributed by atoms with van der Waals surface area (Å²) in [5, 5.41) is 5.22. The summed E-state index contributed by atoms with van der Waals surface area (Å²) in [5.74, 6) is 0.268. The van der Waals surface area contributed by atoms with Crippen molar-refractivity contribution in [1.29, 1.82) is 0 Å². The van der Waals surface area contributed by atoms with Gasteiger partial charge in [0, 0.05) is 24.3 Å². The van der Waals surface area contributed by atoms with Crippen LogP contribution in [-0.2, 0) is 11.5 Å². The van der Waals surface area contributed by atoms with Crippen LogP contribution in [0.5, 0.6) is 0 Å². The topological polar surface area (TPSA) is 80.1 Å². The van der Waals surface area contributed by atoms with Crippen LogP contribution in [0.3, 0.4) is 0 Å². The standard InChI is InChI=1S/C20H20ClN5O2S/c21-15-6-7-18(23-10-15)24-19(27)14-4-3-9-25(11-14)13-26-17(12-29-20(26)28)16-5-1-2-8-22-16/h1-2,5-8,10,12,14H,3-4,9,11,13H2,(H,23,24,27). The smallest absolute Gasteiger partial charge is 0.308 e. The molecule has 3 aromatic rings. The fourth-order valence-corrected chi connectivity index (χ4v) is 4.31. The number of nitrogens with one attached hydrogen (secondary N) is 1. The highest BCUT2D eigenvalue weighted by atomic mass is 35.5. The molecule has 1 amide bonds. The molecule has 1 saturated heterocycles. The zero-order valence-corrected chi connectivity index (χ0v) is 17.2. The Morgan fingerprint density at radius 2 is 2.17 bits per heavy atom. The molecule has 9 heteroatoms. The molecule has 4 heterocycles. The van der Waals surface area contributed by atoms with Crippen molar-refractivity contribution in [2.45, 2.75) is 19.5 Å². The van der Waals surface area contributed by atoms with E-state index in [4.69, 9.17) is 11.6 Å². The summed E-state index contributed by atoms with van der Waals surface area (Å²) in [6.45, 7) is 1.87. The lowest BCUT2D eigenvalue weighted by Crippen LogP contribution is -2.42. The molecule has 7 nitrogen and oxygen atoms in total. The number of pyridine rings is 2. The number of rotatable bonds is 5. The van der Waals surface area contributed by atoms with Gasteiger partial charge in [0.25, 0.3) is 0 Å². The van der Waals surface area contributed by atoms with Gasteiger partial charge in [-0.2, -0.15) is 0 Å². The number of anilines is 1. The van der Waals surface area contributed by atoms with Gasteiger partial charge in [-0.1, -0.05) is 29.0 Å². The van der Waals surface area contributed by atoms with Crippen LogP contribution in [0.1, 0.15) is 12.8 Å². The summed E-state index contributed by atoms with van der Waals surface area (Å²) in [6, 6.07) is 9.02. The number of hydrogen-bond acceptors (Lipinski definition) is 6. The van der Waals surface area contributed by atoms with Crippen LogP contribution in [-0.4, -0.2) is 38.4 Å². The second-order valence-corrected chi connectivity index (χ2v) is 8.20. The molecule has 0 spiro atoms. The van der Waals surface area contributed by atoms with Crippen LogP contribution in [0, 0.1) is 5.92 Å². The summed E-state index contributed by atoms with van der Waals surface area (Å²) in [4.78, 5) is 35.7. The first kappa shape index (κ1) is 19.8. The highest BCUT2D eigenvalue weighted by Gasteiger charge is 2.27. The molecule has 29 heavy (non-hydrogen) atoms. The Kier molecular flexibility index (Phi) is 6.03. The van der Waals surface area contributed by atoms with Gasteiger partial charge < -0.3 is 5.32 Å². The summed E-state index contributed by atoms with van der Waals surface area (Å²) >= 11 is 7.01. The van der Waals surface area contributed by atoms with Crippen LogP contribution in [0.2, 0.25) is 5.02 Å². The Morgan fingerprint density at radius 3 is 2.93 bits per heavy atom. The first-order valence-corrected chi connectivity index (χ1v) is 10.6. The number of nitrogens with zero attached hydrogens (tertiary/aromatic N) is 4. The van der Waals surface area contributed by atoms with Gasteiger partial charge in [0.1, 0.15) is 5.82 Å². The van der Waals surface area contributed by atoms with Crippen molar-refractivity contribution in [2.75, 3.05) is 18.4 Å². The van der Waals surface area contributed by atoms with E-state index in [9.17, 15) is 9.59 Å². The Hall–Kier alpha value is -2.55. The first-order chi connectivity index (χ1) is 14.1. The van der Waals surface area contributed by atoms with E-state index >= 15 is 0 Å². The summed E-state index contributed by atoms with van der Waals surface area (Å²) in [5.41, 5.74) is 1.57. The molecule has 0 bridgehead atoms. The SMILES string of the molecule is O=C(Nc1ccc(Cl)cn1)C1CCCN(Cn2c(-c3ccccn3)csc2=O)C1. The number of carbonyl (C=O) groups is 1. The lowest BCUT2D eigenvalue weighted by Gasteiger charge is -2.32. The maximum atomic E-state index is 12.7. The second kappa shape index (κ2) is 8.86. The average Bonchev–Trinajstić information content (AvgIpc) is 3.11. The molecule has 0 aromatic carbocycles. The average molecular weight is 430 g/mol. The number of piperidine rings is 1. The Morgan fingerprint density at radius 1 is 1.28 bits per heavy atom. The van der Waals surface area contributed by atoms with Crippen LogP contribution in [0.4, 0.5) is 5.82 Å². The molecule has 1 unspecified atom stereocenters. The van der Waals surface area contributed by atoms with Gasteiger partial charge in [-0.3, -0.25) is 24.0 Å². The quantitative estimate of drug-likeness (QED) is 0.672. The van der Waals surface area contributed by atoms with E-state index in [0.717, 1.165) is 30.8 Å². The molecule has 1 aliphatic heterocycles. The molecule has 1 N–H and O–H groups in total. The maximum absolute atomic E-state index is 12.7. The van der Waals surface area contributed by atoms with Crippen LogP contribution < -0.4 is 10.2 Å². The van der Waals surface area contributed by atoms with Crippen LogP contribution in [0.25, 0.3) is 11.4 Å². The lowest BCUT2D eigenvalue weighted by molar-refractivity contribution is -0.121. The monoisotopic (exact) mass is 429 g/mol. The maximum Gasteiger partial charge on any atom is 0.308 e. The third-order valence-corrected chi connectivity index (χ3v) is 5.89. The zero-order chi connectivity index (χ0) is 20.2. The van der Waals surface area contributed by atoms with Crippen molar-refractivity contribution in [3.05, 3.63) is 62.8 Å². The molecule has 0 saturated carbocycles. The lowest BCUT2D eigenvalue weighted by atomic mass is 9.97.